The second kappa shape index (κ2) is 8.05. The van der Waals surface area contributed by atoms with E-state index in [0.29, 0.717) is 5.16 Å². The number of thioether (sulfide) groups is 1. The molecule has 0 aliphatic carbocycles. The third-order valence-corrected chi connectivity index (χ3v) is 4.29. The fourth-order valence-electron chi connectivity index (χ4n) is 2.26. The minimum Gasteiger partial charge on any atom is -0.325 e. The number of nitrogens with zero attached hydrogens (tertiary/aromatic N) is 2. The molecule has 3 aromatic rings. The van der Waals surface area contributed by atoms with Crippen molar-refractivity contribution in [1.82, 2.24) is 9.97 Å². The van der Waals surface area contributed by atoms with Crippen LogP contribution in [0.4, 0.5) is 14.5 Å². The van der Waals surface area contributed by atoms with Gasteiger partial charge in [0.25, 0.3) is 0 Å². The lowest BCUT2D eigenvalue weighted by Crippen LogP contribution is -2.14. The molecule has 1 heterocycles. The van der Waals surface area contributed by atoms with Gasteiger partial charge in [-0.1, -0.05) is 42.1 Å². The Morgan fingerprint density at radius 1 is 1.04 bits per heavy atom. The molecule has 0 atom stereocenters. The Morgan fingerprint density at radius 3 is 2.54 bits per heavy atom. The summed E-state index contributed by atoms with van der Waals surface area (Å²) in [5.41, 5.74) is 2.74. The van der Waals surface area contributed by atoms with Crippen LogP contribution in [0.15, 0.2) is 59.8 Å². The molecule has 0 saturated carbocycles. The zero-order chi connectivity index (χ0) is 18.5. The largest absolute Gasteiger partial charge is 0.325 e. The highest BCUT2D eigenvalue weighted by Crippen LogP contribution is 2.22. The first-order valence-electron chi connectivity index (χ1n) is 7.80. The van der Waals surface area contributed by atoms with Gasteiger partial charge in [0, 0.05) is 23.0 Å². The van der Waals surface area contributed by atoms with Crippen LogP contribution in [-0.2, 0) is 4.79 Å². The van der Waals surface area contributed by atoms with E-state index in [0.717, 1.165) is 29.1 Å². The molecule has 0 aliphatic heterocycles. The van der Waals surface area contributed by atoms with Crippen LogP contribution in [0.5, 0.6) is 0 Å². The maximum Gasteiger partial charge on any atom is 0.234 e. The zero-order valence-electron chi connectivity index (χ0n) is 13.9. The summed E-state index contributed by atoms with van der Waals surface area (Å²) in [4.78, 5) is 20.8. The van der Waals surface area contributed by atoms with E-state index in [1.165, 1.54) is 17.8 Å². The van der Waals surface area contributed by atoms with Gasteiger partial charge in [-0.2, -0.15) is 0 Å². The lowest BCUT2D eigenvalue weighted by molar-refractivity contribution is -0.113. The van der Waals surface area contributed by atoms with Gasteiger partial charge in [-0.15, -0.1) is 0 Å². The molecule has 0 unspecified atom stereocenters. The van der Waals surface area contributed by atoms with Crippen molar-refractivity contribution >= 4 is 23.4 Å². The predicted octanol–water partition coefficient (Wildman–Crippen LogP) is 4.46. The van der Waals surface area contributed by atoms with Crippen molar-refractivity contribution in [3.05, 3.63) is 71.9 Å². The van der Waals surface area contributed by atoms with Gasteiger partial charge in [-0.25, -0.2) is 18.7 Å². The first kappa shape index (κ1) is 18.0. The van der Waals surface area contributed by atoms with Crippen LogP contribution < -0.4 is 5.32 Å². The fourth-order valence-corrected chi connectivity index (χ4v) is 2.97. The summed E-state index contributed by atoms with van der Waals surface area (Å²) in [6.45, 7) is 1.86. The Balaban J connectivity index is 1.66. The second-order valence-corrected chi connectivity index (χ2v) is 6.45. The van der Waals surface area contributed by atoms with Gasteiger partial charge in [-0.3, -0.25) is 4.79 Å². The number of rotatable bonds is 5. The molecule has 26 heavy (non-hydrogen) atoms. The van der Waals surface area contributed by atoms with Crippen molar-refractivity contribution in [1.29, 1.82) is 0 Å². The molecule has 1 amide bonds. The molecule has 0 radical (unpaired) electrons. The van der Waals surface area contributed by atoms with Crippen LogP contribution >= 0.6 is 11.8 Å². The first-order chi connectivity index (χ1) is 12.5. The normalized spacial score (nSPS) is 10.6. The molecular formula is C19H15F2N3OS. The van der Waals surface area contributed by atoms with Crippen molar-refractivity contribution in [2.45, 2.75) is 12.1 Å². The molecule has 4 nitrogen and oxygen atoms in total. The van der Waals surface area contributed by atoms with E-state index in [-0.39, 0.29) is 17.3 Å². The number of amides is 1. The zero-order valence-corrected chi connectivity index (χ0v) is 14.7. The Labute approximate surface area is 153 Å². The van der Waals surface area contributed by atoms with Gasteiger partial charge >= 0.3 is 0 Å². The molecule has 2 aromatic carbocycles. The molecule has 3 rings (SSSR count). The molecule has 1 N–H and O–H groups in total. The Bertz CT molecular complexity index is 935. The van der Waals surface area contributed by atoms with Crippen LogP contribution in [0, 0.1) is 18.6 Å². The molecular weight excluding hydrogens is 356 g/mol. The number of aromatic nitrogens is 2. The minimum atomic E-state index is -1.01. The van der Waals surface area contributed by atoms with E-state index in [9.17, 15) is 13.6 Å². The van der Waals surface area contributed by atoms with Gasteiger partial charge in [0.15, 0.2) is 16.8 Å². The SMILES string of the molecule is Cc1cc(-c2ccccc2)nc(SCC(=O)Nc2ccc(F)c(F)c2)n1. The fraction of sp³-hybridized carbons (Fsp3) is 0.105. The predicted molar refractivity (Wildman–Crippen MR) is 97.9 cm³/mol. The summed E-state index contributed by atoms with van der Waals surface area (Å²) < 4.78 is 26.1. The van der Waals surface area contributed by atoms with E-state index in [2.05, 4.69) is 15.3 Å². The quantitative estimate of drug-likeness (QED) is 0.531. The molecule has 1 aromatic heterocycles. The number of nitrogens with one attached hydrogen (secondary N) is 1. The van der Waals surface area contributed by atoms with Crippen molar-refractivity contribution in [2.24, 2.45) is 0 Å². The molecule has 7 heteroatoms. The molecule has 0 fully saturated rings. The minimum absolute atomic E-state index is 0.0523. The highest BCUT2D eigenvalue weighted by Gasteiger charge is 2.10. The van der Waals surface area contributed by atoms with Gasteiger partial charge in [0.05, 0.1) is 11.4 Å². The van der Waals surface area contributed by atoms with E-state index >= 15 is 0 Å². The highest BCUT2D eigenvalue weighted by atomic mass is 32.2. The smallest absolute Gasteiger partial charge is 0.234 e. The second-order valence-electron chi connectivity index (χ2n) is 5.51. The number of anilines is 1. The lowest BCUT2D eigenvalue weighted by Gasteiger charge is -2.07. The summed E-state index contributed by atoms with van der Waals surface area (Å²) in [5.74, 6) is -2.27. The number of benzene rings is 2. The average molecular weight is 371 g/mol. The molecule has 132 valence electrons. The summed E-state index contributed by atoms with van der Waals surface area (Å²) in [5, 5.41) is 3.00. The van der Waals surface area contributed by atoms with Crippen LogP contribution in [0.2, 0.25) is 0 Å². The third kappa shape index (κ3) is 4.64. The summed E-state index contributed by atoms with van der Waals surface area (Å²) in [7, 11) is 0. The Kier molecular flexibility index (Phi) is 5.58. The number of aryl methyl sites for hydroxylation is 1. The Morgan fingerprint density at radius 2 is 1.81 bits per heavy atom. The number of carbonyl (C=O) groups excluding carboxylic acids is 1. The standard InChI is InChI=1S/C19H15F2N3OS/c1-12-9-17(13-5-3-2-4-6-13)24-19(22-12)26-11-18(25)23-14-7-8-15(20)16(21)10-14/h2-10H,11H2,1H3,(H,23,25). The summed E-state index contributed by atoms with van der Waals surface area (Å²) >= 11 is 1.18. The summed E-state index contributed by atoms with van der Waals surface area (Å²) in [6, 6.07) is 14.8. The number of hydrogen-bond donors (Lipinski definition) is 1. The maximum absolute atomic E-state index is 13.2. The number of halogens is 2. The van der Waals surface area contributed by atoms with Gasteiger partial charge in [0.2, 0.25) is 5.91 Å². The average Bonchev–Trinajstić information content (AvgIpc) is 2.63. The van der Waals surface area contributed by atoms with Crippen molar-refractivity contribution < 1.29 is 13.6 Å². The lowest BCUT2D eigenvalue weighted by atomic mass is 10.1. The number of carbonyl (C=O) groups is 1. The van der Waals surface area contributed by atoms with E-state index < -0.39 is 11.6 Å². The Hall–Kier alpha value is -2.80. The van der Waals surface area contributed by atoms with Crippen molar-refractivity contribution in [3.63, 3.8) is 0 Å². The van der Waals surface area contributed by atoms with E-state index in [1.807, 2.05) is 43.3 Å². The third-order valence-electron chi connectivity index (χ3n) is 3.44. The first-order valence-corrected chi connectivity index (χ1v) is 8.78. The van der Waals surface area contributed by atoms with Gasteiger partial charge in [0.1, 0.15) is 0 Å². The highest BCUT2D eigenvalue weighted by molar-refractivity contribution is 7.99. The topological polar surface area (TPSA) is 54.9 Å². The van der Waals surface area contributed by atoms with Crippen LogP contribution in [-0.4, -0.2) is 21.6 Å². The summed E-state index contributed by atoms with van der Waals surface area (Å²) in [6.07, 6.45) is 0. The van der Waals surface area contributed by atoms with E-state index in [1.54, 1.807) is 0 Å². The van der Waals surface area contributed by atoms with Crippen LogP contribution in [0.1, 0.15) is 5.69 Å². The van der Waals surface area contributed by atoms with Crippen LogP contribution in [0.25, 0.3) is 11.3 Å². The molecule has 0 aliphatic rings. The van der Waals surface area contributed by atoms with Crippen LogP contribution in [0.3, 0.4) is 0 Å². The van der Waals surface area contributed by atoms with Crippen molar-refractivity contribution in [2.75, 3.05) is 11.1 Å². The van der Waals surface area contributed by atoms with Gasteiger partial charge in [-0.05, 0) is 25.1 Å². The maximum atomic E-state index is 13.2. The molecule has 0 bridgehead atoms. The molecule has 0 spiro atoms. The monoisotopic (exact) mass is 371 g/mol. The number of hydrogen-bond acceptors (Lipinski definition) is 4. The van der Waals surface area contributed by atoms with Gasteiger partial charge < -0.3 is 5.32 Å². The van der Waals surface area contributed by atoms with E-state index in [4.69, 9.17) is 0 Å². The molecule has 0 saturated heterocycles. The van der Waals surface area contributed by atoms with Crippen molar-refractivity contribution in [3.8, 4) is 11.3 Å².